The monoisotopic (exact) mass is 335 g/mol. The Kier molecular flexibility index (Phi) is 5.63. The summed E-state index contributed by atoms with van der Waals surface area (Å²) in [7, 11) is 5.74. The molecule has 2 unspecified atom stereocenters. The number of urea groups is 1. The van der Waals surface area contributed by atoms with Gasteiger partial charge in [-0.05, 0) is 33.2 Å². The van der Waals surface area contributed by atoms with Gasteiger partial charge in [-0.1, -0.05) is 0 Å². The van der Waals surface area contributed by atoms with Crippen LogP contribution >= 0.6 is 0 Å². The maximum absolute atomic E-state index is 12.0. The summed E-state index contributed by atoms with van der Waals surface area (Å²) in [5.74, 6) is 0.407. The van der Waals surface area contributed by atoms with Crippen molar-refractivity contribution in [2.75, 3.05) is 27.2 Å². The first-order valence-electron chi connectivity index (χ1n) is 7.72. The van der Waals surface area contributed by atoms with E-state index in [0.29, 0.717) is 12.3 Å². The van der Waals surface area contributed by atoms with Crippen LogP contribution in [0.3, 0.4) is 0 Å². The molecule has 0 aliphatic rings. The fourth-order valence-electron chi connectivity index (χ4n) is 2.39. The van der Waals surface area contributed by atoms with Crippen molar-refractivity contribution >= 4 is 6.03 Å². The van der Waals surface area contributed by atoms with Gasteiger partial charge in [0, 0.05) is 25.4 Å². The number of carbonyl (C=O) groups excluding carboxylic acids is 1. The second-order valence-corrected chi connectivity index (χ2v) is 6.24. The van der Waals surface area contributed by atoms with E-state index in [2.05, 4.69) is 15.7 Å². The molecule has 2 amide bonds. The zero-order valence-electron chi connectivity index (χ0n) is 14.5. The fraction of sp³-hybridized carbons (Fsp3) is 0.500. The molecule has 0 saturated heterocycles. The number of rotatable bonds is 7. The third-order valence-corrected chi connectivity index (χ3v) is 3.83. The lowest BCUT2D eigenvalue weighted by molar-refractivity contribution is 0.0367. The fourth-order valence-corrected chi connectivity index (χ4v) is 2.39. The van der Waals surface area contributed by atoms with Crippen LogP contribution in [0.2, 0.25) is 0 Å². The maximum atomic E-state index is 12.0. The molecular formula is C16H25N5O3. The van der Waals surface area contributed by atoms with Crippen molar-refractivity contribution in [2.45, 2.75) is 18.6 Å². The van der Waals surface area contributed by atoms with Gasteiger partial charge in [-0.2, -0.15) is 5.10 Å². The van der Waals surface area contributed by atoms with Crippen LogP contribution in [0.4, 0.5) is 4.79 Å². The summed E-state index contributed by atoms with van der Waals surface area (Å²) >= 11 is 0. The summed E-state index contributed by atoms with van der Waals surface area (Å²) < 4.78 is 6.91. The molecular weight excluding hydrogens is 310 g/mol. The second kappa shape index (κ2) is 7.50. The molecule has 0 fully saturated rings. The Bertz CT molecular complexity index is 648. The van der Waals surface area contributed by atoms with Gasteiger partial charge in [0.25, 0.3) is 0 Å². The van der Waals surface area contributed by atoms with E-state index in [1.807, 2.05) is 32.2 Å². The number of amides is 2. The summed E-state index contributed by atoms with van der Waals surface area (Å²) in [5, 5.41) is 20.0. The topological polar surface area (TPSA) is 95.6 Å². The predicted octanol–water partition coefficient (Wildman–Crippen LogP) is 0.823. The van der Waals surface area contributed by atoms with Crippen molar-refractivity contribution in [3.63, 3.8) is 0 Å². The molecule has 0 bridgehead atoms. The molecule has 24 heavy (non-hydrogen) atoms. The molecule has 2 aromatic rings. The third-order valence-electron chi connectivity index (χ3n) is 3.83. The summed E-state index contributed by atoms with van der Waals surface area (Å²) in [6, 6.07) is 3.02. The number of aliphatic hydroxyl groups is 1. The van der Waals surface area contributed by atoms with Gasteiger partial charge in [0.05, 0.1) is 25.0 Å². The van der Waals surface area contributed by atoms with Crippen molar-refractivity contribution in [1.82, 2.24) is 25.3 Å². The third kappa shape index (κ3) is 4.59. The molecule has 2 aromatic heterocycles. The van der Waals surface area contributed by atoms with Crippen LogP contribution in [-0.4, -0.2) is 53.0 Å². The average Bonchev–Trinajstić information content (AvgIpc) is 3.17. The Labute approximate surface area is 141 Å². The number of likely N-dealkylation sites (N-methyl/N-ethyl adjacent to an activating group) is 1. The van der Waals surface area contributed by atoms with E-state index in [0.717, 1.165) is 5.56 Å². The normalized spacial score (nSPS) is 15.1. The lowest BCUT2D eigenvalue weighted by Gasteiger charge is -2.25. The highest BCUT2D eigenvalue weighted by Gasteiger charge is 2.27. The molecule has 0 aromatic carbocycles. The van der Waals surface area contributed by atoms with E-state index in [9.17, 15) is 9.90 Å². The number of nitrogens with zero attached hydrogens (tertiary/aromatic N) is 3. The zero-order valence-corrected chi connectivity index (χ0v) is 14.5. The van der Waals surface area contributed by atoms with E-state index in [-0.39, 0.29) is 18.6 Å². The van der Waals surface area contributed by atoms with Gasteiger partial charge in [-0.3, -0.25) is 4.68 Å². The number of furan rings is 1. The molecule has 0 aliphatic carbocycles. The van der Waals surface area contributed by atoms with Gasteiger partial charge in [0.2, 0.25) is 0 Å². The van der Waals surface area contributed by atoms with Crippen molar-refractivity contribution in [2.24, 2.45) is 7.05 Å². The van der Waals surface area contributed by atoms with Crippen LogP contribution in [0.25, 0.3) is 0 Å². The van der Waals surface area contributed by atoms with Gasteiger partial charge >= 0.3 is 6.03 Å². The smallest absolute Gasteiger partial charge is 0.314 e. The van der Waals surface area contributed by atoms with Crippen LogP contribution in [0.1, 0.15) is 24.3 Å². The molecule has 3 N–H and O–H groups in total. The van der Waals surface area contributed by atoms with Crippen LogP contribution in [0, 0.1) is 0 Å². The van der Waals surface area contributed by atoms with Crippen molar-refractivity contribution in [1.29, 1.82) is 0 Å². The minimum absolute atomic E-state index is 0.00929. The highest BCUT2D eigenvalue weighted by atomic mass is 16.4. The maximum Gasteiger partial charge on any atom is 0.314 e. The zero-order chi connectivity index (χ0) is 17.7. The van der Waals surface area contributed by atoms with Crippen molar-refractivity contribution < 1.29 is 14.3 Å². The Balaban J connectivity index is 1.85. The lowest BCUT2D eigenvalue weighted by atomic mass is 10.0. The number of carbonyl (C=O) groups is 1. The summed E-state index contributed by atoms with van der Waals surface area (Å²) in [4.78, 5) is 14.0. The highest BCUT2D eigenvalue weighted by Crippen LogP contribution is 2.20. The summed E-state index contributed by atoms with van der Waals surface area (Å²) in [6.07, 6.45) is 5.19. The summed E-state index contributed by atoms with van der Waals surface area (Å²) in [5.41, 5.74) is -0.240. The molecule has 0 saturated carbocycles. The number of hydrogen-bond donors (Lipinski definition) is 3. The molecule has 2 atom stereocenters. The van der Waals surface area contributed by atoms with Gasteiger partial charge in [0.1, 0.15) is 11.4 Å². The first-order valence-corrected chi connectivity index (χ1v) is 7.72. The number of hydrogen-bond acceptors (Lipinski definition) is 5. The lowest BCUT2D eigenvalue weighted by Crippen LogP contribution is -2.45. The van der Waals surface area contributed by atoms with Crippen LogP contribution in [0.15, 0.2) is 35.2 Å². The van der Waals surface area contributed by atoms with Crippen molar-refractivity contribution in [3.05, 3.63) is 42.1 Å². The number of nitrogens with one attached hydrogen (secondary N) is 2. The number of aryl methyl sites for hydroxylation is 1. The standard InChI is InChI=1S/C16H25N5O3/c1-16(23,14-6-5-7-24-14)11-18-15(22)17-9-13(20(2)3)12-8-19-21(4)10-12/h5-8,10,13,23H,9,11H2,1-4H3,(H2,17,18,22). The molecule has 0 spiro atoms. The van der Waals surface area contributed by atoms with E-state index < -0.39 is 5.60 Å². The van der Waals surface area contributed by atoms with E-state index in [4.69, 9.17) is 4.42 Å². The van der Waals surface area contributed by atoms with Crippen molar-refractivity contribution in [3.8, 4) is 0 Å². The first-order chi connectivity index (χ1) is 11.3. The summed E-state index contributed by atoms with van der Waals surface area (Å²) in [6.45, 7) is 2.06. The SMILES string of the molecule is CN(C)C(CNC(=O)NCC(C)(O)c1ccco1)c1cnn(C)c1. The minimum atomic E-state index is -1.26. The van der Waals surface area contributed by atoms with Gasteiger partial charge in [-0.15, -0.1) is 0 Å². The molecule has 2 rings (SSSR count). The molecule has 2 heterocycles. The quantitative estimate of drug-likeness (QED) is 0.696. The van der Waals surface area contributed by atoms with Gasteiger partial charge in [-0.25, -0.2) is 4.79 Å². The Morgan fingerprint density at radius 1 is 1.50 bits per heavy atom. The Morgan fingerprint density at radius 2 is 2.25 bits per heavy atom. The van der Waals surface area contributed by atoms with Gasteiger partial charge in [0.15, 0.2) is 0 Å². The second-order valence-electron chi connectivity index (χ2n) is 6.24. The van der Waals surface area contributed by atoms with Crippen LogP contribution in [-0.2, 0) is 12.6 Å². The Hall–Kier alpha value is -2.32. The molecule has 8 heteroatoms. The Morgan fingerprint density at radius 3 is 2.79 bits per heavy atom. The minimum Gasteiger partial charge on any atom is -0.466 e. The van der Waals surface area contributed by atoms with Crippen LogP contribution < -0.4 is 10.6 Å². The average molecular weight is 335 g/mol. The molecule has 132 valence electrons. The van der Waals surface area contributed by atoms with E-state index in [1.54, 1.807) is 29.9 Å². The predicted molar refractivity (Wildman–Crippen MR) is 89.3 cm³/mol. The highest BCUT2D eigenvalue weighted by molar-refractivity contribution is 5.74. The van der Waals surface area contributed by atoms with E-state index in [1.165, 1.54) is 6.26 Å². The van der Waals surface area contributed by atoms with E-state index >= 15 is 0 Å². The first kappa shape index (κ1) is 18.0. The molecule has 0 aliphatic heterocycles. The largest absolute Gasteiger partial charge is 0.466 e. The number of aromatic nitrogens is 2. The molecule has 0 radical (unpaired) electrons. The van der Waals surface area contributed by atoms with Gasteiger partial charge < -0.3 is 25.1 Å². The van der Waals surface area contributed by atoms with Crippen LogP contribution in [0.5, 0.6) is 0 Å². The molecule has 8 nitrogen and oxygen atoms in total.